The van der Waals surface area contributed by atoms with Crippen LogP contribution in [0.5, 0.6) is 11.5 Å². The van der Waals surface area contributed by atoms with Gasteiger partial charge in [-0.2, -0.15) is 4.98 Å². The van der Waals surface area contributed by atoms with Crippen LogP contribution in [-0.2, 0) is 11.2 Å². The Kier molecular flexibility index (Phi) is 7.53. The van der Waals surface area contributed by atoms with E-state index >= 15 is 0 Å². The summed E-state index contributed by atoms with van der Waals surface area (Å²) in [5.41, 5.74) is 1.24. The predicted molar refractivity (Wildman–Crippen MR) is 148 cm³/mol. The molecule has 2 aromatic heterocycles. The molecule has 39 heavy (non-hydrogen) atoms. The molecule has 4 aromatic rings. The fraction of sp³-hybridized carbons (Fsp3) is 0.379. The third-order valence-electron chi connectivity index (χ3n) is 6.68. The number of nitrogens with one attached hydrogen (secondary N) is 1. The number of rotatable bonds is 10. The molecule has 3 heterocycles. The Morgan fingerprint density at radius 2 is 2.00 bits per heavy atom. The van der Waals surface area contributed by atoms with Crippen LogP contribution in [0.15, 0.2) is 59.3 Å². The van der Waals surface area contributed by atoms with Gasteiger partial charge in [0.1, 0.15) is 17.4 Å². The van der Waals surface area contributed by atoms with E-state index in [0.29, 0.717) is 42.5 Å². The van der Waals surface area contributed by atoms with E-state index in [4.69, 9.17) is 18.9 Å². The summed E-state index contributed by atoms with van der Waals surface area (Å²) in [6.07, 6.45) is 5.65. The quantitative estimate of drug-likeness (QED) is 0.273. The summed E-state index contributed by atoms with van der Waals surface area (Å²) in [7, 11) is 0. The van der Waals surface area contributed by atoms with Crippen LogP contribution in [0.25, 0.3) is 11.1 Å². The number of nitrogens with zero attached hydrogens (tertiary/aromatic N) is 4. The Morgan fingerprint density at radius 3 is 2.79 bits per heavy atom. The number of benzene rings is 2. The summed E-state index contributed by atoms with van der Waals surface area (Å²) in [4.78, 5) is 27.3. The van der Waals surface area contributed by atoms with Crippen molar-refractivity contribution >= 4 is 34.7 Å². The van der Waals surface area contributed by atoms with Gasteiger partial charge in [0.2, 0.25) is 0 Å². The molecule has 10 heteroatoms. The van der Waals surface area contributed by atoms with Gasteiger partial charge in [0.15, 0.2) is 22.9 Å². The van der Waals surface area contributed by atoms with Gasteiger partial charge in [-0.25, -0.2) is 4.98 Å². The van der Waals surface area contributed by atoms with E-state index in [0.717, 1.165) is 42.3 Å². The van der Waals surface area contributed by atoms with Crippen molar-refractivity contribution in [2.45, 2.75) is 46.1 Å². The zero-order valence-electron chi connectivity index (χ0n) is 22.4. The monoisotopic (exact) mass is 531 g/mol. The van der Waals surface area contributed by atoms with Gasteiger partial charge in [0.05, 0.1) is 31.0 Å². The average molecular weight is 532 g/mol. The van der Waals surface area contributed by atoms with Gasteiger partial charge in [0, 0.05) is 6.54 Å². The number of aromatic nitrogens is 3. The molecule has 0 unspecified atom stereocenters. The minimum absolute atomic E-state index is 0.00360. The number of carbonyl (C=O) groups is 1. The number of ether oxygens (including phenoxy) is 2. The number of piperidine rings is 1. The molecule has 1 aliphatic heterocycles. The molecule has 0 aliphatic carbocycles. The van der Waals surface area contributed by atoms with Gasteiger partial charge in [0.25, 0.3) is 0 Å². The summed E-state index contributed by atoms with van der Waals surface area (Å²) in [6, 6.07) is 13.6. The lowest BCUT2D eigenvalue weighted by atomic mass is 9.86. The van der Waals surface area contributed by atoms with Crippen molar-refractivity contribution in [1.82, 2.24) is 15.0 Å². The van der Waals surface area contributed by atoms with Crippen molar-refractivity contribution < 1.29 is 23.8 Å². The number of para-hydroxylation sites is 2. The van der Waals surface area contributed by atoms with Crippen LogP contribution in [0.3, 0.4) is 0 Å². The van der Waals surface area contributed by atoms with Gasteiger partial charge >= 0.3 is 12.0 Å². The lowest BCUT2D eigenvalue weighted by Gasteiger charge is -2.33. The molecule has 2 aromatic carbocycles. The second-order valence-electron chi connectivity index (χ2n) is 10.3. The SMILES string of the molecule is CCOc1ccccc1O[C@@H]1CCCN(c2cncc(Nc3nc4cc(CC(C)(C)C(=O)O)ccc4o3)n2)C1. The molecule has 0 spiro atoms. The molecule has 1 aliphatic rings. The molecule has 0 radical (unpaired) electrons. The maximum atomic E-state index is 11.5. The molecule has 0 saturated carbocycles. The van der Waals surface area contributed by atoms with Crippen molar-refractivity contribution in [3.8, 4) is 11.5 Å². The maximum Gasteiger partial charge on any atom is 0.309 e. The Balaban J connectivity index is 1.27. The molecule has 5 rings (SSSR count). The summed E-state index contributed by atoms with van der Waals surface area (Å²) in [5, 5.41) is 12.6. The minimum Gasteiger partial charge on any atom is -0.490 e. The van der Waals surface area contributed by atoms with Crippen LogP contribution in [-0.4, -0.2) is 51.8 Å². The summed E-state index contributed by atoms with van der Waals surface area (Å²) >= 11 is 0. The third-order valence-corrected chi connectivity index (χ3v) is 6.68. The van der Waals surface area contributed by atoms with Crippen molar-refractivity contribution in [1.29, 1.82) is 0 Å². The zero-order valence-corrected chi connectivity index (χ0v) is 22.4. The smallest absolute Gasteiger partial charge is 0.309 e. The van der Waals surface area contributed by atoms with E-state index in [-0.39, 0.29) is 6.10 Å². The number of hydrogen-bond donors (Lipinski definition) is 2. The van der Waals surface area contributed by atoms with Crippen LogP contribution in [0, 0.1) is 5.41 Å². The van der Waals surface area contributed by atoms with Gasteiger partial charge < -0.3 is 23.9 Å². The topological polar surface area (TPSA) is 123 Å². The van der Waals surface area contributed by atoms with Gasteiger partial charge in [-0.1, -0.05) is 18.2 Å². The number of fused-ring (bicyclic) bond motifs is 1. The highest BCUT2D eigenvalue weighted by Crippen LogP contribution is 2.31. The molecular weight excluding hydrogens is 498 g/mol. The molecule has 0 bridgehead atoms. The molecule has 2 N–H and O–H groups in total. The summed E-state index contributed by atoms with van der Waals surface area (Å²) < 4.78 is 17.9. The minimum atomic E-state index is -0.875. The average Bonchev–Trinajstić information content (AvgIpc) is 3.31. The normalized spacial score (nSPS) is 15.8. The third kappa shape index (κ3) is 6.22. The molecule has 1 saturated heterocycles. The highest BCUT2D eigenvalue weighted by Gasteiger charge is 2.28. The Morgan fingerprint density at radius 1 is 1.18 bits per heavy atom. The molecule has 1 atom stereocenters. The number of carboxylic acids is 1. The van der Waals surface area contributed by atoms with E-state index < -0.39 is 11.4 Å². The number of hydrogen-bond acceptors (Lipinski definition) is 9. The largest absolute Gasteiger partial charge is 0.490 e. The first-order chi connectivity index (χ1) is 18.8. The van der Waals surface area contributed by atoms with Gasteiger partial charge in [-0.15, -0.1) is 0 Å². The lowest BCUT2D eigenvalue weighted by Crippen LogP contribution is -2.41. The molecule has 10 nitrogen and oxygen atoms in total. The second-order valence-corrected chi connectivity index (χ2v) is 10.3. The van der Waals surface area contributed by atoms with Gasteiger partial charge in [-0.3, -0.25) is 15.1 Å². The highest BCUT2D eigenvalue weighted by molar-refractivity contribution is 5.77. The molecule has 1 fully saturated rings. The predicted octanol–water partition coefficient (Wildman–Crippen LogP) is 5.46. The first kappa shape index (κ1) is 26.3. The van der Waals surface area contributed by atoms with Crippen molar-refractivity contribution in [2.24, 2.45) is 5.41 Å². The van der Waals surface area contributed by atoms with E-state index in [1.807, 2.05) is 43.3 Å². The number of anilines is 3. The highest BCUT2D eigenvalue weighted by atomic mass is 16.5. The van der Waals surface area contributed by atoms with E-state index in [9.17, 15) is 9.90 Å². The van der Waals surface area contributed by atoms with E-state index in [1.165, 1.54) is 0 Å². The molecule has 0 amide bonds. The fourth-order valence-corrected chi connectivity index (χ4v) is 4.64. The fourth-order valence-electron chi connectivity index (χ4n) is 4.64. The lowest BCUT2D eigenvalue weighted by molar-refractivity contribution is -0.146. The van der Waals surface area contributed by atoms with Crippen LogP contribution < -0.4 is 19.7 Å². The number of carboxylic acid groups (broad SMARTS) is 1. The zero-order chi connectivity index (χ0) is 27.4. The maximum absolute atomic E-state index is 11.5. The van der Waals surface area contributed by atoms with Crippen LogP contribution >= 0.6 is 0 Å². The first-order valence-corrected chi connectivity index (χ1v) is 13.2. The van der Waals surface area contributed by atoms with Crippen molar-refractivity contribution in [3.05, 3.63) is 60.4 Å². The van der Waals surface area contributed by atoms with Crippen LogP contribution in [0.4, 0.5) is 17.7 Å². The van der Waals surface area contributed by atoms with Crippen LogP contribution in [0.1, 0.15) is 39.2 Å². The standard InChI is InChI=1S/C29H33N5O5/c1-4-37-23-9-5-6-10-24(23)38-20-8-7-13-34(18-20)26-17-30-16-25(32-26)33-28-31-21-14-19(11-12-22(21)39-28)15-29(2,3)27(35)36/h5-6,9-12,14,16-17,20H,4,7-8,13,15,18H2,1-3H3,(H,35,36)(H,31,32,33)/t20-/m1/s1. The molecule has 204 valence electrons. The summed E-state index contributed by atoms with van der Waals surface area (Å²) in [5.74, 6) is 1.90. The first-order valence-electron chi connectivity index (χ1n) is 13.2. The van der Waals surface area contributed by atoms with Crippen LogP contribution in [0.2, 0.25) is 0 Å². The Bertz CT molecular complexity index is 1450. The summed E-state index contributed by atoms with van der Waals surface area (Å²) in [6.45, 7) is 7.48. The van der Waals surface area contributed by atoms with Gasteiger partial charge in [-0.05, 0) is 69.9 Å². The molecular formula is C29H33N5O5. The number of oxazole rings is 1. The second kappa shape index (κ2) is 11.2. The van der Waals surface area contributed by atoms with E-state index in [1.54, 1.807) is 32.3 Å². The van der Waals surface area contributed by atoms with Crippen molar-refractivity contribution in [2.75, 3.05) is 29.9 Å². The number of aliphatic carboxylic acids is 1. The Hall–Kier alpha value is -4.34. The van der Waals surface area contributed by atoms with E-state index in [2.05, 4.69) is 20.2 Å². The van der Waals surface area contributed by atoms with Crippen molar-refractivity contribution in [3.63, 3.8) is 0 Å². The Labute approximate surface area is 227 Å².